The highest BCUT2D eigenvalue weighted by atomic mass is 19.1. The highest BCUT2D eigenvalue weighted by Gasteiger charge is 2.62. The van der Waals surface area contributed by atoms with Crippen LogP contribution in [0.15, 0.2) is 18.2 Å². The maximum Gasteiger partial charge on any atom is 0.338 e. The Kier molecular flexibility index (Phi) is 3.46. The number of esters is 1. The lowest BCUT2D eigenvalue weighted by molar-refractivity contribution is -0.0242. The minimum absolute atomic E-state index is 0.0252. The van der Waals surface area contributed by atoms with Gasteiger partial charge in [0.05, 0.1) is 12.7 Å². The van der Waals surface area contributed by atoms with Gasteiger partial charge in [-0.05, 0) is 48.8 Å². The number of benzene rings is 1. The summed E-state index contributed by atoms with van der Waals surface area (Å²) in [6.07, 6.45) is 3.16. The van der Waals surface area contributed by atoms with E-state index in [0.29, 0.717) is 11.5 Å². The lowest BCUT2D eigenvalue weighted by atomic mass is 9.70. The summed E-state index contributed by atoms with van der Waals surface area (Å²) in [7, 11) is 1.38. The van der Waals surface area contributed by atoms with Gasteiger partial charge >= 0.3 is 5.97 Å². The molecule has 2 aliphatic carbocycles. The van der Waals surface area contributed by atoms with Crippen LogP contribution < -0.4 is 4.74 Å². The second-order valence-electron chi connectivity index (χ2n) is 7.35. The maximum atomic E-state index is 13.4. The van der Waals surface area contributed by atoms with Crippen LogP contribution in [0.3, 0.4) is 0 Å². The van der Waals surface area contributed by atoms with E-state index in [1.165, 1.54) is 31.7 Å². The van der Waals surface area contributed by atoms with Gasteiger partial charge in [0.25, 0.3) is 0 Å². The number of methoxy groups -OCH3 is 1. The van der Waals surface area contributed by atoms with E-state index >= 15 is 0 Å². The largest absolute Gasteiger partial charge is 0.494 e. The van der Waals surface area contributed by atoms with Crippen molar-refractivity contribution in [1.82, 2.24) is 0 Å². The van der Waals surface area contributed by atoms with Crippen LogP contribution >= 0.6 is 0 Å². The molecule has 3 unspecified atom stereocenters. The Morgan fingerprint density at radius 2 is 2.05 bits per heavy atom. The number of carbonyl (C=O) groups excluding carboxylic acids is 1. The van der Waals surface area contributed by atoms with Gasteiger partial charge in [-0.15, -0.1) is 0 Å². The second kappa shape index (κ2) is 4.97. The van der Waals surface area contributed by atoms with Crippen molar-refractivity contribution in [2.24, 2.45) is 16.7 Å². The normalized spacial score (nSPS) is 32.0. The molecular weight excluding hydrogens is 283 g/mol. The molecule has 22 heavy (non-hydrogen) atoms. The summed E-state index contributed by atoms with van der Waals surface area (Å²) in [6, 6.07) is 4.08. The van der Waals surface area contributed by atoms with Gasteiger partial charge in [-0.25, -0.2) is 9.18 Å². The summed E-state index contributed by atoms with van der Waals surface area (Å²) in [5.41, 5.74) is 0.554. The summed E-state index contributed by atoms with van der Waals surface area (Å²) in [5, 5.41) is 0. The average molecular weight is 306 g/mol. The van der Waals surface area contributed by atoms with Crippen molar-refractivity contribution >= 4 is 5.97 Å². The second-order valence-corrected chi connectivity index (χ2v) is 7.35. The third kappa shape index (κ3) is 2.03. The molecule has 2 aliphatic rings. The minimum atomic E-state index is -0.480. The lowest BCUT2D eigenvalue weighted by Gasteiger charge is -2.38. The van der Waals surface area contributed by atoms with Gasteiger partial charge in [0.15, 0.2) is 11.6 Å². The molecule has 2 saturated carbocycles. The third-order valence-corrected chi connectivity index (χ3v) is 6.35. The lowest BCUT2D eigenvalue weighted by Crippen LogP contribution is -2.38. The SMILES string of the molecule is COc1cc(C(=O)OC2CC3CCC2(C)C3(C)C)ccc1F. The molecule has 0 N–H and O–H groups in total. The fraction of sp³-hybridized carbons (Fsp3) is 0.611. The summed E-state index contributed by atoms with van der Waals surface area (Å²) in [6.45, 7) is 6.78. The molecule has 3 nitrogen and oxygen atoms in total. The van der Waals surface area contributed by atoms with E-state index in [1.54, 1.807) is 0 Å². The van der Waals surface area contributed by atoms with E-state index in [1.807, 2.05) is 0 Å². The molecule has 0 aliphatic heterocycles. The van der Waals surface area contributed by atoms with Crippen LogP contribution in [0, 0.1) is 22.6 Å². The molecule has 2 bridgehead atoms. The summed E-state index contributed by atoms with van der Waals surface area (Å²) >= 11 is 0. The van der Waals surface area contributed by atoms with Crippen molar-refractivity contribution in [3.63, 3.8) is 0 Å². The third-order valence-electron chi connectivity index (χ3n) is 6.35. The van der Waals surface area contributed by atoms with Crippen LogP contribution in [-0.4, -0.2) is 19.2 Å². The molecule has 120 valence electrons. The first-order chi connectivity index (χ1) is 10.3. The predicted octanol–water partition coefficient (Wildman–Crippen LogP) is 4.21. The Balaban J connectivity index is 1.79. The Morgan fingerprint density at radius 3 is 2.59 bits per heavy atom. The van der Waals surface area contributed by atoms with Gasteiger partial charge in [-0.2, -0.15) is 0 Å². The molecule has 0 saturated heterocycles. The molecule has 0 amide bonds. The van der Waals surface area contributed by atoms with Crippen LogP contribution in [0.2, 0.25) is 0 Å². The molecule has 1 aromatic rings. The van der Waals surface area contributed by atoms with Crippen LogP contribution in [-0.2, 0) is 4.74 Å². The van der Waals surface area contributed by atoms with Crippen molar-refractivity contribution in [2.45, 2.75) is 46.1 Å². The Labute approximate surface area is 130 Å². The van der Waals surface area contributed by atoms with Gasteiger partial charge in [0.2, 0.25) is 0 Å². The van der Waals surface area contributed by atoms with Crippen molar-refractivity contribution in [1.29, 1.82) is 0 Å². The topological polar surface area (TPSA) is 35.5 Å². The zero-order chi connectivity index (χ0) is 16.1. The molecule has 1 aromatic carbocycles. The average Bonchev–Trinajstić information content (AvgIpc) is 2.81. The minimum Gasteiger partial charge on any atom is -0.494 e. The number of hydrogen-bond acceptors (Lipinski definition) is 3. The Bertz CT molecular complexity index is 610. The first-order valence-corrected chi connectivity index (χ1v) is 7.84. The van der Waals surface area contributed by atoms with Gasteiger partial charge in [0.1, 0.15) is 6.10 Å². The van der Waals surface area contributed by atoms with Crippen molar-refractivity contribution in [2.75, 3.05) is 7.11 Å². The molecule has 2 fully saturated rings. The van der Waals surface area contributed by atoms with Crippen LogP contribution in [0.25, 0.3) is 0 Å². The van der Waals surface area contributed by atoms with Crippen molar-refractivity contribution < 1.29 is 18.7 Å². The summed E-state index contributed by atoms with van der Waals surface area (Å²) in [5.74, 6) is -0.202. The maximum absolute atomic E-state index is 13.4. The van der Waals surface area contributed by atoms with Gasteiger partial charge in [-0.3, -0.25) is 0 Å². The molecule has 3 rings (SSSR count). The fourth-order valence-corrected chi connectivity index (χ4v) is 4.29. The fourth-order valence-electron chi connectivity index (χ4n) is 4.29. The van der Waals surface area contributed by atoms with E-state index in [4.69, 9.17) is 9.47 Å². The van der Waals surface area contributed by atoms with Crippen LogP contribution in [0.4, 0.5) is 4.39 Å². The van der Waals surface area contributed by atoms with Crippen molar-refractivity contribution in [3.8, 4) is 5.75 Å². The molecule has 0 radical (unpaired) electrons. The summed E-state index contributed by atoms with van der Waals surface area (Å²) < 4.78 is 24.2. The van der Waals surface area contributed by atoms with Gasteiger partial charge < -0.3 is 9.47 Å². The highest BCUT2D eigenvalue weighted by Crippen LogP contribution is 2.66. The molecular formula is C18H23FO3. The monoisotopic (exact) mass is 306 g/mol. The smallest absolute Gasteiger partial charge is 0.338 e. The van der Waals surface area contributed by atoms with Crippen LogP contribution in [0.5, 0.6) is 5.75 Å². The quantitative estimate of drug-likeness (QED) is 0.785. The first-order valence-electron chi connectivity index (χ1n) is 7.84. The van der Waals surface area contributed by atoms with Gasteiger partial charge in [-0.1, -0.05) is 20.8 Å². The van der Waals surface area contributed by atoms with E-state index in [-0.39, 0.29) is 22.7 Å². The zero-order valence-corrected chi connectivity index (χ0v) is 13.6. The molecule has 0 heterocycles. The summed E-state index contributed by atoms with van der Waals surface area (Å²) in [4.78, 5) is 12.4. The number of fused-ring (bicyclic) bond motifs is 2. The van der Waals surface area contributed by atoms with E-state index < -0.39 is 11.8 Å². The predicted molar refractivity (Wildman–Crippen MR) is 81.4 cm³/mol. The number of halogens is 1. The zero-order valence-electron chi connectivity index (χ0n) is 13.6. The first kappa shape index (κ1) is 15.3. The van der Waals surface area contributed by atoms with E-state index in [0.717, 1.165) is 12.8 Å². The highest BCUT2D eigenvalue weighted by molar-refractivity contribution is 5.90. The Hall–Kier alpha value is -1.58. The van der Waals surface area contributed by atoms with E-state index in [2.05, 4.69) is 20.8 Å². The van der Waals surface area contributed by atoms with Gasteiger partial charge in [0, 0.05) is 5.41 Å². The molecule has 0 spiro atoms. The van der Waals surface area contributed by atoms with Crippen LogP contribution in [0.1, 0.15) is 50.4 Å². The molecule has 4 heteroatoms. The van der Waals surface area contributed by atoms with E-state index in [9.17, 15) is 9.18 Å². The number of hydrogen-bond donors (Lipinski definition) is 0. The van der Waals surface area contributed by atoms with Crippen molar-refractivity contribution in [3.05, 3.63) is 29.6 Å². The molecule has 0 aromatic heterocycles. The number of ether oxygens (including phenoxy) is 2. The standard InChI is InChI=1S/C18H23FO3/c1-17(2)12-7-8-18(17,3)15(10-12)22-16(20)11-5-6-13(19)14(9-11)21-4/h5-6,9,12,15H,7-8,10H2,1-4H3. The number of rotatable bonds is 3. The molecule has 3 atom stereocenters. The Morgan fingerprint density at radius 1 is 1.32 bits per heavy atom. The number of carbonyl (C=O) groups is 1.